The van der Waals surface area contributed by atoms with E-state index in [0.717, 1.165) is 11.8 Å². The lowest BCUT2D eigenvalue weighted by Gasteiger charge is -2.16. The van der Waals surface area contributed by atoms with Crippen molar-refractivity contribution in [2.45, 2.75) is 20.0 Å². The molecule has 0 aliphatic heterocycles. The number of rotatable bonds is 6. The number of carbonyl (C=O) groups is 1. The van der Waals surface area contributed by atoms with Crippen molar-refractivity contribution in [2.75, 3.05) is 16.3 Å². The number of anilines is 2. The van der Waals surface area contributed by atoms with Gasteiger partial charge in [-0.05, 0) is 37.6 Å². The molecule has 0 aliphatic carbocycles. The van der Waals surface area contributed by atoms with Crippen LogP contribution in [0.1, 0.15) is 24.2 Å². The first-order chi connectivity index (χ1) is 14.5. The molecule has 2 N–H and O–H groups in total. The van der Waals surface area contributed by atoms with E-state index in [0.29, 0.717) is 16.9 Å². The number of nitrogens with zero attached hydrogens (tertiary/aromatic N) is 5. The Morgan fingerprint density at radius 1 is 1.26 bits per heavy atom. The number of nitrogens with one attached hydrogen (secondary N) is 2. The molecule has 0 aliphatic rings. The molecule has 164 valence electrons. The minimum Gasteiger partial charge on any atom is -0.441 e. The topological polar surface area (TPSA) is 141 Å². The van der Waals surface area contributed by atoms with Gasteiger partial charge in [-0.25, -0.2) is 22.9 Å². The molecular weight excluding hydrogens is 446 g/mol. The number of pyridine rings is 2. The first kappa shape index (κ1) is 22.4. The fraction of sp³-hybridized carbons (Fsp3) is 0.278. The minimum absolute atomic E-state index is 0.251. The van der Waals surface area contributed by atoms with E-state index >= 15 is 0 Å². The van der Waals surface area contributed by atoms with Crippen LogP contribution < -0.4 is 10.0 Å². The fourth-order valence-electron chi connectivity index (χ4n) is 2.69. The Labute approximate surface area is 183 Å². The predicted molar refractivity (Wildman–Crippen MR) is 115 cm³/mol. The second-order valence-electron chi connectivity index (χ2n) is 6.78. The number of halogens is 1. The first-order valence-corrected chi connectivity index (χ1v) is 11.2. The maximum Gasteiger partial charge on any atom is 0.413 e. The van der Waals surface area contributed by atoms with Crippen LogP contribution in [0.5, 0.6) is 0 Å². The second kappa shape index (κ2) is 8.86. The molecule has 0 fully saturated rings. The molecule has 3 heterocycles. The molecule has 13 heteroatoms. The molecule has 0 aromatic carbocycles. The maximum absolute atomic E-state index is 12.5. The molecule has 1 amide bonds. The Kier molecular flexibility index (Phi) is 6.41. The van der Waals surface area contributed by atoms with Crippen LogP contribution in [0.15, 0.2) is 30.6 Å². The normalized spacial score (nSPS) is 12.3. The Bertz CT molecular complexity index is 1210. The van der Waals surface area contributed by atoms with Crippen LogP contribution in [0.25, 0.3) is 11.4 Å². The highest BCUT2D eigenvalue weighted by Gasteiger charge is 2.20. The van der Waals surface area contributed by atoms with Crippen LogP contribution in [-0.4, -0.2) is 45.7 Å². The number of ether oxygens (including phenoxy) is 1. The van der Waals surface area contributed by atoms with E-state index in [2.05, 4.69) is 30.3 Å². The molecule has 0 bridgehead atoms. The average molecular weight is 466 g/mol. The standard InChI is InChI=1S/C18H20ClN7O4S/c1-10-7-13(16(19)21-8-10)11(2)30-18(27)22-17-15(23-25-26(17)3)14-6-5-12(9-20-14)24-31(4,28)29/h5-9,11,24H,1-4H3,(H,22,27)/t11-/m1/s1. The highest BCUT2D eigenvalue weighted by atomic mass is 35.5. The SMILES string of the molecule is Cc1cnc(Cl)c([C@@H](C)OC(=O)Nc2c(-c3ccc(NS(C)(=O)=O)cn3)nnn2C)c1. The summed E-state index contributed by atoms with van der Waals surface area (Å²) in [6, 6.07) is 4.87. The van der Waals surface area contributed by atoms with Crippen molar-refractivity contribution in [3.63, 3.8) is 0 Å². The molecule has 1 atom stereocenters. The van der Waals surface area contributed by atoms with E-state index in [9.17, 15) is 13.2 Å². The van der Waals surface area contributed by atoms with Crippen LogP contribution >= 0.6 is 11.6 Å². The zero-order chi connectivity index (χ0) is 22.8. The lowest BCUT2D eigenvalue weighted by atomic mass is 10.1. The highest BCUT2D eigenvalue weighted by Crippen LogP contribution is 2.27. The Balaban J connectivity index is 1.76. The van der Waals surface area contributed by atoms with Crippen LogP contribution in [0, 0.1) is 6.92 Å². The van der Waals surface area contributed by atoms with E-state index in [1.54, 1.807) is 32.3 Å². The summed E-state index contributed by atoms with van der Waals surface area (Å²) in [6.45, 7) is 3.54. The third-order valence-electron chi connectivity index (χ3n) is 4.08. The van der Waals surface area contributed by atoms with Gasteiger partial charge in [-0.1, -0.05) is 16.8 Å². The van der Waals surface area contributed by atoms with E-state index in [4.69, 9.17) is 16.3 Å². The summed E-state index contributed by atoms with van der Waals surface area (Å²) < 4.78 is 31.8. The van der Waals surface area contributed by atoms with Crippen LogP contribution in [0.2, 0.25) is 5.15 Å². The van der Waals surface area contributed by atoms with Gasteiger partial charge in [-0.2, -0.15) is 0 Å². The zero-order valence-corrected chi connectivity index (χ0v) is 18.7. The summed E-state index contributed by atoms with van der Waals surface area (Å²) in [7, 11) is -1.83. The Hall–Kier alpha value is -3.25. The van der Waals surface area contributed by atoms with Gasteiger partial charge in [0.05, 0.1) is 23.8 Å². The highest BCUT2D eigenvalue weighted by molar-refractivity contribution is 7.92. The molecule has 0 saturated carbocycles. The lowest BCUT2D eigenvalue weighted by Crippen LogP contribution is -2.18. The molecule has 3 rings (SSSR count). The van der Waals surface area contributed by atoms with Crippen molar-refractivity contribution in [3.8, 4) is 11.4 Å². The van der Waals surface area contributed by atoms with Gasteiger partial charge in [0.25, 0.3) is 0 Å². The van der Waals surface area contributed by atoms with Gasteiger partial charge < -0.3 is 4.74 Å². The molecule has 31 heavy (non-hydrogen) atoms. The summed E-state index contributed by atoms with van der Waals surface area (Å²) in [5.74, 6) is 0.252. The van der Waals surface area contributed by atoms with Crippen molar-refractivity contribution in [3.05, 3.63) is 46.9 Å². The minimum atomic E-state index is -3.42. The van der Waals surface area contributed by atoms with Gasteiger partial charge in [-0.3, -0.25) is 15.0 Å². The summed E-state index contributed by atoms with van der Waals surface area (Å²) >= 11 is 6.10. The number of amides is 1. The molecular formula is C18H20ClN7O4S. The molecule has 11 nitrogen and oxygen atoms in total. The van der Waals surface area contributed by atoms with Crippen LogP contribution in [0.3, 0.4) is 0 Å². The predicted octanol–water partition coefficient (Wildman–Crippen LogP) is 2.92. The van der Waals surface area contributed by atoms with Gasteiger partial charge in [0, 0.05) is 18.8 Å². The average Bonchev–Trinajstić information content (AvgIpc) is 3.03. The maximum atomic E-state index is 12.5. The second-order valence-corrected chi connectivity index (χ2v) is 8.89. The smallest absolute Gasteiger partial charge is 0.413 e. The summed E-state index contributed by atoms with van der Waals surface area (Å²) in [5.41, 5.74) is 2.42. The van der Waals surface area contributed by atoms with Crippen LogP contribution in [0.4, 0.5) is 16.3 Å². The Morgan fingerprint density at radius 3 is 2.65 bits per heavy atom. The van der Waals surface area contributed by atoms with Gasteiger partial charge in [-0.15, -0.1) is 5.10 Å². The molecule has 0 unspecified atom stereocenters. The van der Waals surface area contributed by atoms with Gasteiger partial charge in [0.2, 0.25) is 10.0 Å². The van der Waals surface area contributed by atoms with Crippen molar-refractivity contribution in [1.82, 2.24) is 25.0 Å². The number of aromatic nitrogens is 5. The summed E-state index contributed by atoms with van der Waals surface area (Å²) in [6.07, 6.45) is 2.60. The quantitative estimate of drug-likeness (QED) is 0.529. The third kappa shape index (κ3) is 5.67. The van der Waals surface area contributed by atoms with E-state index in [-0.39, 0.29) is 16.7 Å². The number of sulfonamides is 1. The number of carbonyl (C=O) groups excluding carboxylic acids is 1. The lowest BCUT2D eigenvalue weighted by molar-refractivity contribution is 0.121. The largest absolute Gasteiger partial charge is 0.441 e. The molecule has 0 radical (unpaired) electrons. The van der Waals surface area contributed by atoms with E-state index < -0.39 is 22.2 Å². The Morgan fingerprint density at radius 2 is 2.00 bits per heavy atom. The van der Waals surface area contributed by atoms with Gasteiger partial charge in [0.15, 0.2) is 11.5 Å². The zero-order valence-electron chi connectivity index (χ0n) is 17.1. The van der Waals surface area contributed by atoms with Crippen LogP contribution in [-0.2, 0) is 21.8 Å². The fourth-order valence-corrected chi connectivity index (χ4v) is 3.49. The number of hydrogen-bond acceptors (Lipinski definition) is 8. The van der Waals surface area contributed by atoms with Gasteiger partial charge in [0.1, 0.15) is 11.3 Å². The van der Waals surface area contributed by atoms with Crippen molar-refractivity contribution < 1.29 is 17.9 Å². The summed E-state index contributed by atoms with van der Waals surface area (Å²) in [4.78, 5) is 20.7. The monoisotopic (exact) mass is 465 g/mol. The van der Waals surface area contributed by atoms with Crippen molar-refractivity contribution in [1.29, 1.82) is 0 Å². The first-order valence-electron chi connectivity index (χ1n) is 8.97. The van der Waals surface area contributed by atoms with E-state index in [1.807, 2.05) is 6.92 Å². The molecule has 3 aromatic rings. The molecule has 0 saturated heterocycles. The number of aryl methyl sites for hydroxylation is 2. The molecule has 0 spiro atoms. The van der Waals surface area contributed by atoms with Crippen molar-refractivity contribution in [2.24, 2.45) is 7.05 Å². The number of hydrogen-bond donors (Lipinski definition) is 2. The van der Waals surface area contributed by atoms with E-state index in [1.165, 1.54) is 16.9 Å². The van der Waals surface area contributed by atoms with Crippen molar-refractivity contribution >= 4 is 39.2 Å². The summed E-state index contributed by atoms with van der Waals surface area (Å²) in [5, 5.41) is 10.8. The van der Waals surface area contributed by atoms with Gasteiger partial charge >= 0.3 is 6.09 Å². The third-order valence-corrected chi connectivity index (χ3v) is 5.00. The molecule has 3 aromatic heterocycles.